The number of hydrogen-bond donors (Lipinski definition) is 2. The van der Waals surface area contributed by atoms with Crippen molar-refractivity contribution in [1.82, 2.24) is 5.32 Å². The molecule has 144 valence electrons. The molecular weight excluding hydrogens is 326 g/mol. The fourth-order valence-corrected chi connectivity index (χ4v) is 4.13. The Bertz CT molecular complexity index is 599. The number of carbonyl (C=O) groups is 1. The van der Waals surface area contributed by atoms with Crippen molar-refractivity contribution in [3.8, 4) is 0 Å². The Labute approximate surface area is 157 Å². The van der Waals surface area contributed by atoms with Gasteiger partial charge in [-0.15, -0.1) is 0 Å². The lowest BCUT2D eigenvalue weighted by Gasteiger charge is -2.28. The van der Waals surface area contributed by atoms with E-state index in [1.807, 2.05) is 12.1 Å². The number of ether oxygens (including phenoxy) is 1. The summed E-state index contributed by atoms with van der Waals surface area (Å²) < 4.78 is 5.94. The predicted molar refractivity (Wildman–Crippen MR) is 107 cm³/mol. The Morgan fingerprint density at radius 2 is 1.96 bits per heavy atom. The molecule has 2 unspecified atom stereocenters. The molecule has 1 aliphatic heterocycles. The second-order valence-corrected chi connectivity index (χ2v) is 7.75. The third-order valence-corrected chi connectivity index (χ3v) is 5.65. The van der Waals surface area contributed by atoms with E-state index in [0.29, 0.717) is 25.2 Å². The molecule has 1 heterocycles. The van der Waals surface area contributed by atoms with Crippen molar-refractivity contribution in [2.24, 2.45) is 5.92 Å². The van der Waals surface area contributed by atoms with Crippen LogP contribution in [0.5, 0.6) is 0 Å². The van der Waals surface area contributed by atoms with E-state index in [1.54, 1.807) is 0 Å². The Morgan fingerprint density at radius 3 is 2.69 bits per heavy atom. The summed E-state index contributed by atoms with van der Waals surface area (Å²) in [7, 11) is 0. The van der Waals surface area contributed by atoms with Crippen molar-refractivity contribution >= 4 is 17.4 Å². The third kappa shape index (κ3) is 5.13. The summed E-state index contributed by atoms with van der Waals surface area (Å²) in [6.45, 7) is 7.75. The molecule has 0 radical (unpaired) electrons. The zero-order valence-electron chi connectivity index (χ0n) is 16.2. The highest BCUT2D eigenvalue weighted by Crippen LogP contribution is 2.27. The van der Waals surface area contributed by atoms with Gasteiger partial charge in [0.2, 0.25) is 0 Å². The molecule has 26 heavy (non-hydrogen) atoms. The SMILES string of the molecule is Cc1cc(NC(=O)NCCOC2CCCCC2C)ccc1N1CCCC1. The number of carbonyl (C=O) groups excluding carboxylic acids is 1. The molecule has 0 aromatic heterocycles. The predicted octanol–water partition coefficient (Wildman–Crippen LogP) is 4.31. The highest BCUT2D eigenvalue weighted by molar-refractivity contribution is 5.89. The molecule has 2 fully saturated rings. The summed E-state index contributed by atoms with van der Waals surface area (Å²) in [5, 5.41) is 5.81. The number of anilines is 2. The second-order valence-electron chi connectivity index (χ2n) is 7.75. The summed E-state index contributed by atoms with van der Waals surface area (Å²) >= 11 is 0. The molecule has 5 heteroatoms. The highest BCUT2D eigenvalue weighted by Gasteiger charge is 2.21. The first-order chi connectivity index (χ1) is 12.6. The van der Waals surface area contributed by atoms with Crippen LogP contribution in [-0.4, -0.2) is 38.4 Å². The summed E-state index contributed by atoms with van der Waals surface area (Å²) in [5.41, 5.74) is 3.33. The molecule has 2 N–H and O–H groups in total. The molecule has 2 atom stereocenters. The number of hydrogen-bond acceptors (Lipinski definition) is 3. The van der Waals surface area contributed by atoms with Crippen molar-refractivity contribution < 1.29 is 9.53 Å². The van der Waals surface area contributed by atoms with Gasteiger partial charge in [0.15, 0.2) is 0 Å². The van der Waals surface area contributed by atoms with Gasteiger partial charge in [-0.05, 0) is 62.3 Å². The Kier molecular flexibility index (Phi) is 6.78. The van der Waals surface area contributed by atoms with Gasteiger partial charge < -0.3 is 20.3 Å². The van der Waals surface area contributed by atoms with Crippen molar-refractivity contribution in [3.63, 3.8) is 0 Å². The summed E-state index contributed by atoms with van der Waals surface area (Å²) in [4.78, 5) is 14.5. The van der Waals surface area contributed by atoms with E-state index in [2.05, 4.69) is 35.4 Å². The molecular formula is C21H33N3O2. The van der Waals surface area contributed by atoms with Crippen molar-refractivity contribution in [1.29, 1.82) is 0 Å². The topological polar surface area (TPSA) is 53.6 Å². The molecule has 1 saturated carbocycles. The van der Waals surface area contributed by atoms with Crippen molar-refractivity contribution in [2.45, 2.75) is 58.5 Å². The van der Waals surface area contributed by atoms with Crippen molar-refractivity contribution in [2.75, 3.05) is 36.5 Å². The summed E-state index contributed by atoms with van der Waals surface area (Å²) in [6.07, 6.45) is 7.87. The normalized spacial score (nSPS) is 23.1. The monoisotopic (exact) mass is 359 g/mol. The van der Waals surface area contributed by atoms with Crippen molar-refractivity contribution in [3.05, 3.63) is 23.8 Å². The smallest absolute Gasteiger partial charge is 0.319 e. The van der Waals surface area contributed by atoms with Gasteiger partial charge in [-0.1, -0.05) is 19.8 Å². The summed E-state index contributed by atoms with van der Waals surface area (Å²) in [6, 6.07) is 5.98. The van der Waals surface area contributed by atoms with Gasteiger partial charge in [-0.25, -0.2) is 4.79 Å². The summed E-state index contributed by atoms with van der Waals surface area (Å²) in [5.74, 6) is 0.634. The van der Waals surface area contributed by atoms with Gasteiger partial charge in [0, 0.05) is 31.0 Å². The third-order valence-electron chi connectivity index (χ3n) is 5.65. The number of benzene rings is 1. The van der Waals surface area contributed by atoms with Crippen LogP contribution in [0.4, 0.5) is 16.2 Å². The van der Waals surface area contributed by atoms with Crippen LogP contribution >= 0.6 is 0 Å². The standard InChI is InChI=1S/C21H33N3O2/c1-16-7-3-4-8-20(16)26-14-11-22-21(25)23-18-9-10-19(17(2)15-18)24-12-5-6-13-24/h9-10,15-16,20H,3-8,11-14H2,1-2H3,(H2,22,23,25). The maximum atomic E-state index is 12.1. The number of rotatable bonds is 6. The quantitative estimate of drug-likeness (QED) is 0.744. The number of amides is 2. The van der Waals surface area contributed by atoms with E-state index in [1.165, 1.54) is 43.4 Å². The van der Waals surface area contributed by atoms with Gasteiger partial charge in [-0.3, -0.25) is 0 Å². The van der Waals surface area contributed by atoms with Gasteiger partial charge in [0.1, 0.15) is 0 Å². The van der Waals surface area contributed by atoms with Crippen LogP contribution in [0.15, 0.2) is 18.2 Å². The lowest BCUT2D eigenvalue weighted by atomic mass is 9.88. The van der Waals surface area contributed by atoms with Crippen LogP contribution in [0.1, 0.15) is 51.0 Å². The van der Waals surface area contributed by atoms with E-state index >= 15 is 0 Å². The Balaban J connectivity index is 1.39. The zero-order chi connectivity index (χ0) is 18.4. The fourth-order valence-electron chi connectivity index (χ4n) is 4.13. The molecule has 1 aromatic rings. The molecule has 0 bridgehead atoms. The molecule has 5 nitrogen and oxygen atoms in total. The molecule has 1 aliphatic carbocycles. The molecule has 1 aromatic carbocycles. The minimum absolute atomic E-state index is 0.168. The Morgan fingerprint density at radius 1 is 1.19 bits per heavy atom. The molecule has 1 saturated heterocycles. The fraction of sp³-hybridized carbons (Fsp3) is 0.667. The zero-order valence-corrected chi connectivity index (χ0v) is 16.2. The average Bonchev–Trinajstić information content (AvgIpc) is 3.14. The molecule has 0 spiro atoms. The molecule has 2 amide bonds. The first-order valence-electron chi connectivity index (χ1n) is 10.2. The minimum Gasteiger partial charge on any atom is -0.376 e. The lowest BCUT2D eigenvalue weighted by molar-refractivity contribution is -0.00232. The Hall–Kier alpha value is -1.75. The first kappa shape index (κ1) is 19.0. The molecule has 2 aliphatic rings. The van der Waals surface area contributed by atoms with Gasteiger partial charge in [0.05, 0.1) is 12.7 Å². The van der Waals surface area contributed by atoms with Gasteiger partial charge >= 0.3 is 6.03 Å². The first-order valence-corrected chi connectivity index (χ1v) is 10.2. The van der Waals surface area contributed by atoms with E-state index in [9.17, 15) is 4.79 Å². The van der Waals surface area contributed by atoms with E-state index < -0.39 is 0 Å². The largest absolute Gasteiger partial charge is 0.376 e. The number of nitrogens with zero attached hydrogens (tertiary/aromatic N) is 1. The van der Waals surface area contributed by atoms with E-state index in [-0.39, 0.29) is 6.03 Å². The second kappa shape index (κ2) is 9.26. The minimum atomic E-state index is -0.168. The number of urea groups is 1. The molecule has 3 rings (SSSR count). The van der Waals surface area contributed by atoms with Crippen LogP contribution in [0, 0.1) is 12.8 Å². The van der Waals surface area contributed by atoms with Crippen LogP contribution in [-0.2, 0) is 4.74 Å². The maximum absolute atomic E-state index is 12.1. The average molecular weight is 360 g/mol. The van der Waals surface area contributed by atoms with Crippen LogP contribution in [0.3, 0.4) is 0 Å². The highest BCUT2D eigenvalue weighted by atomic mass is 16.5. The number of nitrogens with one attached hydrogen (secondary N) is 2. The van der Waals surface area contributed by atoms with E-state index in [0.717, 1.165) is 25.2 Å². The van der Waals surface area contributed by atoms with Crippen LogP contribution < -0.4 is 15.5 Å². The number of aryl methyl sites for hydroxylation is 1. The maximum Gasteiger partial charge on any atom is 0.319 e. The van der Waals surface area contributed by atoms with Gasteiger partial charge in [0.25, 0.3) is 0 Å². The lowest BCUT2D eigenvalue weighted by Crippen LogP contribution is -2.34. The van der Waals surface area contributed by atoms with Gasteiger partial charge in [-0.2, -0.15) is 0 Å². The van der Waals surface area contributed by atoms with E-state index in [4.69, 9.17) is 4.74 Å². The van der Waals surface area contributed by atoms with Crippen LogP contribution in [0.25, 0.3) is 0 Å². The van der Waals surface area contributed by atoms with Crippen LogP contribution in [0.2, 0.25) is 0 Å².